The van der Waals surface area contributed by atoms with Crippen LogP contribution in [-0.4, -0.2) is 86.0 Å². The minimum absolute atomic E-state index is 0.0124. The fourth-order valence-corrected chi connectivity index (χ4v) is 2.76. The predicted molar refractivity (Wildman–Crippen MR) is 113 cm³/mol. The summed E-state index contributed by atoms with van der Waals surface area (Å²) >= 11 is 0. The summed E-state index contributed by atoms with van der Waals surface area (Å²) in [4.78, 5) is 17.8. The number of piperazine rings is 1. The van der Waals surface area contributed by atoms with Crippen molar-refractivity contribution >= 4 is 17.9 Å². The molecule has 150 valence electrons. The lowest BCUT2D eigenvalue weighted by atomic mass is 10.1. The smallest absolute Gasteiger partial charge is 0.205 e. The third kappa shape index (κ3) is 7.46. The Morgan fingerprint density at radius 1 is 1.14 bits per heavy atom. The highest BCUT2D eigenvalue weighted by Gasteiger charge is 2.13. The standard InChI is InChI=1S/C21H29N5O2/c1-24-9-11-26(12-10-24)13-14-28-21(23)7-6-19(22)15-18(17-27)16-20-5-3-4-8-25(20)2/h3-8,15-17,22-23H,9-14H2,1-2H3/b7-6-,18-15-,20-16-,22-19?,23-21?. The lowest BCUT2D eigenvalue weighted by molar-refractivity contribution is -0.104. The first kappa shape index (κ1) is 21.5. The van der Waals surface area contributed by atoms with Crippen LogP contribution >= 0.6 is 0 Å². The average Bonchev–Trinajstić information content (AvgIpc) is 2.69. The van der Waals surface area contributed by atoms with Crippen molar-refractivity contribution in [2.45, 2.75) is 0 Å². The highest BCUT2D eigenvalue weighted by atomic mass is 16.5. The zero-order chi connectivity index (χ0) is 20.4. The molecule has 2 heterocycles. The first-order chi connectivity index (χ1) is 13.5. The van der Waals surface area contributed by atoms with Crippen LogP contribution in [0.2, 0.25) is 0 Å². The van der Waals surface area contributed by atoms with Gasteiger partial charge in [0.25, 0.3) is 0 Å². The van der Waals surface area contributed by atoms with E-state index in [4.69, 9.17) is 15.6 Å². The number of allylic oxidation sites excluding steroid dienone is 7. The van der Waals surface area contributed by atoms with Gasteiger partial charge in [-0.15, -0.1) is 0 Å². The summed E-state index contributed by atoms with van der Waals surface area (Å²) in [6.07, 6.45) is 14.4. The van der Waals surface area contributed by atoms with Crippen molar-refractivity contribution in [3.05, 3.63) is 60.0 Å². The van der Waals surface area contributed by atoms with Crippen LogP contribution in [0, 0.1) is 10.8 Å². The Balaban J connectivity index is 1.79. The zero-order valence-electron chi connectivity index (χ0n) is 16.6. The highest BCUT2D eigenvalue weighted by Crippen LogP contribution is 2.12. The summed E-state index contributed by atoms with van der Waals surface area (Å²) < 4.78 is 5.41. The van der Waals surface area contributed by atoms with E-state index in [1.165, 1.54) is 18.2 Å². The number of aldehydes is 1. The van der Waals surface area contributed by atoms with Gasteiger partial charge in [0.05, 0.1) is 5.71 Å². The van der Waals surface area contributed by atoms with E-state index in [2.05, 4.69) is 16.8 Å². The Kier molecular flexibility index (Phi) is 8.58. The van der Waals surface area contributed by atoms with Crippen LogP contribution in [0.5, 0.6) is 0 Å². The Labute approximate surface area is 167 Å². The molecule has 0 spiro atoms. The van der Waals surface area contributed by atoms with E-state index in [0.717, 1.165) is 38.4 Å². The van der Waals surface area contributed by atoms with Crippen LogP contribution in [0.4, 0.5) is 0 Å². The molecule has 0 aromatic rings. The van der Waals surface area contributed by atoms with Gasteiger partial charge in [0.1, 0.15) is 12.9 Å². The molecular formula is C21H29N5O2. The van der Waals surface area contributed by atoms with Crippen LogP contribution < -0.4 is 0 Å². The molecule has 0 bridgehead atoms. The molecule has 2 N–H and O–H groups in total. The number of ether oxygens (including phenoxy) is 1. The van der Waals surface area contributed by atoms with Crippen LogP contribution in [0.3, 0.4) is 0 Å². The number of hydrogen-bond acceptors (Lipinski definition) is 7. The molecule has 0 saturated carbocycles. The zero-order valence-corrected chi connectivity index (χ0v) is 16.6. The van der Waals surface area contributed by atoms with Gasteiger partial charge in [-0.2, -0.15) is 0 Å². The molecule has 0 unspecified atom stereocenters. The number of nitrogens with one attached hydrogen (secondary N) is 2. The second kappa shape index (κ2) is 11.2. The van der Waals surface area contributed by atoms with Gasteiger partial charge in [0, 0.05) is 63.3 Å². The van der Waals surface area contributed by atoms with Gasteiger partial charge in [-0.05, 0) is 37.4 Å². The first-order valence-corrected chi connectivity index (χ1v) is 9.33. The van der Waals surface area contributed by atoms with E-state index in [9.17, 15) is 4.79 Å². The quantitative estimate of drug-likeness (QED) is 0.289. The van der Waals surface area contributed by atoms with Crippen molar-refractivity contribution in [1.29, 1.82) is 10.8 Å². The van der Waals surface area contributed by atoms with Crippen LogP contribution in [0.15, 0.2) is 60.0 Å². The van der Waals surface area contributed by atoms with Gasteiger partial charge >= 0.3 is 0 Å². The molecule has 7 heteroatoms. The van der Waals surface area contributed by atoms with Crippen LogP contribution in [-0.2, 0) is 9.53 Å². The summed E-state index contributed by atoms with van der Waals surface area (Å²) in [6.45, 7) is 5.38. The van der Waals surface area contributed by atoms with E-state index in [1.807, 2.05) is 36.4 Å². The molecule has 0 amide bonds. The lowest BCUT2D eigenvalue weighted by Crippen LogP contribution is -2.45. The Morgan fingerprint density at radius 2 is 1.89 bits per heavy atom. The van der Waals surface area contributed by atoms with E-state index in [-0.39, 0.29) is 11.6 Å². The minimum atomic E-state index is 0.0124. The SMILES string of the molecule is CN1CCN(CCOC(=N)/C=C\C(=N)/C=C(C=O)/C=C2/C=CC=CN2C)CC1. The van der Waals surface area contributed by atoms with Crippen molar-refractivity contribution in [1.82, 2.24) is 14.7 Å². The van der Waals surface area contributed by atoms with Crippen LogP contribution in [0.25, 0.3) is 0 Å². The monoisotopic (exact) mass is 383 g/mol. The van der Waals surface area contributed by atoms with Gasteiger partial charge in [0.2, 0.25) is 5.90 Å². The molecule has 1 fully saturated rings. The number of nitrogens with zero attached hydrogens (tertiary/aromatic N) is 3. The Hall–Kier alpha value is -2.77. The summed E-state index contributed by atoms with van der Waals surface area (Å²) in [6, 6.07) is 0. The molecule has 0 radical (unpaired) electrons. The third-order valence-electron chi connectivity index (χ3n) is 4.54. The largest absolute Gasteiger partial charge is 0.477 e. The van der Waals surface area contributed by atoms with Crippen molar-refractivity contribution in [2.24, 2.45) is 0 Å². The summed E-state index contributed by atoms with van der Waals surface area (Å²) in [5.41, 5.74) is 1.38. The summed E-state index contributed by atoms with van der Waals surface area (Å²) in [5.74, 6) is 0.0124. The molecule has 1 saturated heterocycles. The Morgan fingerprint density at radius 3 is 2.57 bits per heavy atom. The van der Waals surface area contributed by atoms with Crippen molar-refractivity contribution in [3.8, 4) is 0 Å². The average molecular weight is 383 g/mol. The number of rotatable bonds is 8. The molecule has 28 heavy (non-hydrogen) atoms. The fraction of sp³-hybridized carbons (Fsp3) is 0.381. The number of likely N-dealkylation sites (N-methyl/N-ethyl adjacent to an activating group) is 2. The molecule has 0 aromatic carbocycles. The molecule has 2 aliphatic rings. The maximum atomic E-state index is 11.3. The van der Waals surface area contributed by atoms with E-state index >= 15 is 0 Å². The first-order valence-electron chi connectivity index (χ1n) is 9.33. The molecule has 7 nitrogen and oxygen atoms in total. The highest BCUT2D eigenvalue weighted by molar-refractivity contribution is 6.07. The molecular weight excluding hydrogens is 354 g/mol. The van der Waals surface area contributed by atoms with Gasteiger partial charge in [-0.3, -0.25) is 15.1 Å². The maximum Gasteiger partial charge on any atom is 0.205 e. The van der Waals surface area contributed by atoms with Gasteiger partial charge in [-0.1, -0.05) is 6.08 Å². The summed E-state index contributed by atoms with van der Waals surface area (Å²) in [5, 5.41) is 15.8. The van der Waals surface area contributed by atoms with Crippen LogP contribution in [0.1, 0.15) is 0 Å². The maximum absolute atomic E-state index is 11.3. The molecule has 0 aliphatic carbocycles. The van der Waals surface area contributed by atoms with Crippen molar-refractivity contribution < 1.29 is 9.53 Å². The number of carbonyl (C=O) groups is 1. The summed E-state index contributed by atoms with van der Waals surface area (Å²) in [7, 11) is 4.01. The number of carbonyl (C=O) groups excluding carboxylic acids is 1. The second-order valence-electron chi connectivity index (χ2n) is 6.79. The molecule has 2 aliphatic heterocycles. The van der Waals surface area contributed by atoms with Gasteiger partial charge in [0.15, 0.2) is 0 Å². The topological polar surface area (TPSA) is 83.7 Å². The molecule has 2 rings (SSSR count). The van der Waals surface area contributed by atoms with E-state index < -0.39 is 0 Å². The lowest BCUT2D eigenvalue weighted by Gasteiger charge is -2.32. The van der Waals surface area contributed by atoms with Gasteiger partial charge in [-0.25, -0.2) is 0 Å². The predicted octanol–water partition coefficient (Wildman–Crippen LogP) is 1.83. The molecule has 0 atom stereocenters. The number of hydrogen-bond donors (Lipinski definition) is 2. The van der Waals surface area contributed by atoms with E-state index in [0.29, 0.717) is 18.5 Å². The van der Waals surface area contributed by atoms with Crippen molar-refractivity contribution in [2.75, 3.05) is 53.4 Å². The third-order valence-corrected chi connectivity index (χ3v) is 4.54. The van der Waals surface area contributed by atoms with Crippen molar-refractivity contribution in [3.63, 3.8) is 0 Å². The fourth-order valence-electron chi connectivity index (χ4n) is 2.76. The second-order valence-corrected chi connectivity index (χ2v) is 6.79. The minimum Gasteiger partial charge on any atom is -0.477 e. The normalized spacial score (nSPS) is 20.1. The van der Waals surface area contributed by atoms with E-state index in [1.54, 1.807) is 6.08 Å². The van der Waals surface area contributed by atoms with Gasteiger partial charge < -0.3 is 19.9 Å². The molecule has 0 aromatic heterocycles. The Bertz CT molecular complexity index is 725.